The van der Waals surface area contributed by atoms with Gasteiger partial charge in [0.1, 0.15) is 23.0 Å². The van der Waals surface area contributed by atoms with Gasteiger partial charge in [-0.2, -0.15) is 4.57 Å². The zero-order valence-electron chi connectivity index (χ0n) is 37.0. The van der Waals surface area contributed by atoms with Crippen molar-refractivity contribution in [2.75, 3.05) is 13.2 Å². The number of hydrogen-bond acceptors (Lipinski definition) is 8. The third-order valence-electron chi connectivity index (χ3n) is 11.3. The van der Waals surface area contributed by atoms with E-state index in [1.165, 1.54) is 5.56 Å². The molecule has 7 rings (SSSR count). The van der Waals surface area contributed by atoms with Crippen molar-refractivity contribution in [2.45, 2.75) is 144 Å². The van der Waals surface area contributed by atoms with Crippen molar-refractivity contribution in [2.24, 2.45) is 0 Å². The van der Waals surface area contributed by atoms with Crippen molar-refractivity contribution in [1.29, 1.82) is 0 Å². The third kappa shape index (κ3) is 8.42. The molecule has 0 unspecified atom stereocenters. The number of phosphoric acid groups is 2. The molecule has 3 aliphatic heterocycles. The van der Waals surface area contributed by atoms with E-state index in [9.17, 15) is 4.57 Å². The minimum atomic E-state index is -4.39. The highest BCUT2D eigenvalue weighted by Gasteiger charge is 2.43. The Morgan fingerprint density at radius 1 is 0.483 bits per heavy atom. The van der Waals surface area contributed by atoms with Gasteiger partial charge in [0.05, 0.1) is 13.2 Å². The van der Waals surface area contributed by atoms with Gasteiger partial charge in [-0.3, -0.25) is 9.05 Å². The summed E-state index contributed by atoms with van der Waals surface area (Å²) in [6, 6.07) is 17.3. The smallest absolute Gasteiger partial charge is 0.403 e. The number of hydrogen-bond donors (Lipinski definition) is 0. The highest BCUT2D eigenvalue weighted by molar-refractivity contribution is 7.50. The van der Waals surface area contributed by atoms with E-state index in [1.54, 1.807) is 13.8 Å². The van der Waals surface area contributed by atoms with Gasteiger partial charge in [-0.1, -0.05) is 132 Å². The first-order valence-corrected chi connectivity index (χ1v) is 23.6. The summed E-state index contributed by atoms with van der Waals surface area (Å²) in [7, 11) is -8.46. The molecule has 0 saturated carbocycles. The molecule has 10 heteroatoms. The van der Waals surface area contributed by atoms with E-state index < -0.39 is 15.6 Å². The number of benzene rings is 4. The Morgan fingerprint density at radius 2 is 0.724 bits per heavy atom. The summed E-state index contributed by atoms with van der Waals surface area (Å²) in [6.07, 6.45) is 1.58. The van der Waals surface area contributed by atoms with Gasteiger partial charge in [0.15, 0.2) is 0 Å². The summed E-state index contributed by atoms with van der Waals surface area (Å²) >= 11 is 0. The topological polar surface area (TPSA) is 89.5 Å². The molecule has 312 valence electrons. The average Bonchev–Trinajstić information content (AvgIpc) is 3.06. The van der Waals surface area contributed by atoms with Crippen LogP contribution >= 0.6 is 15.6 Å². The molecule has 0 aliphatic carbocycles. The Balaban J connectivity index is 1.66. The Hall–Kier alpha value is -3.54. The quantitative estimate of drug-likeness (QED) is 0.156. The molecule has 6 bridgehead atoms. The van der Waals surface area contributed by atoms with Crippen molar-refractivity contribution in [1.82, 2.24) is 0 Å². The fourth-order valence-corrected chi connectivity index (χ4v) is 10.8. The van der Waals surface area contributed by atoms with Crippen LogP contribution < -0.4 is 18.1 Å². The lowest BCUT2D eigenvalue weighted by atomic mass is 9.79. The van der Waals surface area contributed by atoms with Gasteiger partial charge in [-0.25, -0.2) is 4.57 Å². The Kier molecular flexibility index (Phi) is 10.7. The summed E-state index contributed by atoms with van der Waals surface area (Å²) in [5.41, 5.74) is 10.4. The molecular weight excluding hydrogens is 766 g/mol. The zero-order chi connectivity index (χ0) is 42.4. The fraction of sp³-hybridized carbons (Fsp3) is 0.500. The van der Waals surface area contributed by atoms with E-state index in [-0.39, 0.29) is 34.9 Å². The fourth-order valence-electron chi connectivity index (χ4n) is 8.00. The average molecular weight is 829 g/mol. The molecule has 0 spiro atoms. The minimum absolute atomic E-state index is 0.139. The molecule has 0 amide bonds. The molecule has 3 aliphatic rings. The van der Waals surface area contributed by atoms with Crippen molar-refractivity contribution < 1.29 is 36.3 Å². The van der Waals surface area contributed by atoms with Crippen LogP contribution in [0.25, 0.3) is 0 Å². The summed E-state index contributed by atoms with van der Waals surface area (Å²) in [5, 5.41) is 0. The predicted molar refractivity (Wildman–Crippen MR) is 233 cm³/mol. The van der Waals surface area contributed by atoms with E-state index in [2.05, 4.69) is 132 Å². The van der Waals surface area contributed by atoms with Gasteiger partial charge in [0.2, 0.25) is 0 Å². The van der Waals surface area contributed by atoms with E-state index >= 15 is 4.57 Å². The Morgan fingerprint density at radius 3 is 0.966 bits per heavy atom. The second-order valence-corrected chi connectivity index (χ2v) is 23.3. The van der Waals surface area contributed by atoms with Crippen LogP contribution in [0.1, 0.15) is 164 Å². The Labute approximate surface area is 346 Å². The monoisotopic (exact) mass is 828 g/mol. The zero-order valence-corrected chi connectivity index (χ0v) is 38.8. The number of fused-ring (bicyclic) bond motifs is 2. The highest BCUT2D eigenvalue weighted by atomic mass is 31.2. The molecule has 0 atom stereocenters. The second kappa shape index (κ2) is 14.6. The van der Waals surface area contributed by atoms with Gasteiger partial charge in [-0.05, 0) is 102 Å². The summed E-state index contributed by atoms with van der Waals surface area (Å²) in [5.74, 6) is 1.89. The van der Waals surface area contributed by atoms with E-state index in [1.807, 2.05) is 0 Å². The van der Waals surface area contributed by atoms with E-state index in [0.717, 1.165) is 61.2 Å². The van der Waals surface area contributed by atoms with Crippen molar-refractivity contribution in [3.63, 3.8) is 0 Å². The highest BCUT2D eigenvalue weighted by Crippen LogP contribution is 2.60. The maximum absolute atomic E-state index is 15.6. The van der Waals surface area contributed by atoms with E-state index in [4.69, 9.17) is 27.1 Å². The van der Waals surface area contributed by atoms with Gasteiger partial charge in [0.25, 0.3) is 0 Å². The molecular formula is C48H62O8P2. The molecule has 4 aromatic rings. The molecule has 0 saturated heterocycles. The van der Waals surface area contributed by atoms with E-state index in [0.29, 0.717) is 48.7 Å². The first kappa shape index (κ1) is 42.6. The van der Waals surface area contributed by atoms with Crippen LogP contribution in [0.5, 0.6) is 23.0 Å². The molecule has 58 heavy (non-hydrogen) atoms. The van der Waals surface area contributed by atoms with Crippen molar-refractivity contribution in [3.8, 4) is 23.0 Å². The van der Waals surface area contributed by atoms with Crippen LogP contribution in [0.4, 0.5) is 0 Å². The predicted octanol–water partition coefficient (Wildman–Crippen LogP) is 13.4. The molecule has 3 heterocycles. The molecule has 0 N–H and O–H groups in total. The van der Waals surface area contributed by atoms with Crippen LogP contribution in [0.15, 0.2) is 48.5 Å². The lowest BCUT2D eigenvalue weighted by Gasteiger charge is -2.34. The molecule has 0 fully saturated rings. The largest absolute Gasteiger partial charge is 0.647 e. The van der Waals surface area contributed by atoms with Gasteiger partial charge >= 0.3 is 15.6 Å². The lowest BCUT2D eigenvalue weighted by Crippen LogP contribution is -2.22. The summed E-state index contributed by atoms with van der Waals surface area (Å²) in [6.45, 7) is 30.2. The van der Waals surface area contributed by atoms with Crippen LogP contribution in [0, 0.1) is 0 Å². The lowest BCUT2D eigenvalue weighted by molar-refractivity contribution is 0.167. The maximum Gasteiger partial charge on any atom is 0.647 e. The van der Waals surface area contributed by atoms with Crippen LogP contribution in [0.3, 0.4) is 0 Å². The summed E-state index contributed by atoms with van der Waals surface area (Å²) in [4.78, 5) is 0. The number of rotatable bonds is 6. The van der Waals surface area contributed by atoms with Crippen molar-refractivity contribution >= 4 is 15.6 Å². The van der Waals surface area contributed by atoms with Gasteiger partial charge < -0.3 is 18.1 Å². The SMILES string of the molecule is CCOP(=O)(OCC)Oc1c2cc(C(C)(C)C)cc1Cc1cc(C(C)(C)C)cc3c1OP1(=O)Oc4c(cc(C(C)(C)C)cc4Cc4cc(C(C)(C)C)cc(c4O1)C3)C2. The van der Waals surface area contributed by atoms with Crippen molar-refractivity contribution in [3.05, 3.63) is 115 Å². The molecule has 4 aromatic carbocycles. The third-order valence-corrected chi connectivity index (χ3v) is 14.1. The molecule has 0 radical (unpaired) electrons. The minimum Gasteiger partial charge on any atom is -0.403 e. The molecule has 8 nitrogen and oxygen atoms in total. The standard InChI is InChI=1S/C48H62O8P2/c1-15-51-57(49,52-16-2)53-41-29-17-31-23-38(46(6,7)8)25-33-19-35-27-40(48(12,13)14)28-36-20-34-26-39(47(9,10)11)24-32(18-30(41)22-37(21-29)45(3,4)5)43(34)55-58(50,54-42(31)33)56-44(35)36/h21-28H,15-20H2,1-14H3. The first-order chi connectivity index (χ1) is 26.8. The van der Waals surface area contributed by atoms with Crippen LogP contribution in [-0.2, 0) is 65.5 Å². The van der Waals surface area contributed by atoms with Gasteiger partial charge in [0, 0.05) is 25.7 Å². The van der Waals surface area contributed by atoms with Crippen LogP contribution in [-0.4, -0.2) is 13.2 Å². The molecule has 0 aromatic heterocycles. The summed E-state index contributed by atoms with van der Waals surface area (Å²) < 4.78 is 68.4. The van der Waals surface area contributed by atoms with Crippen LogP contribution in [0.2, 0.25) is 0 Å². The number of phosphoric ester groups is 2. The maximum atomic E-state index is 15.6. The Bertz CT molecular complexity index is 2250. The van der Waals surface area contributed by atoms with Gasteiger partial charge in [-0.15, -0.1) is 0 Å². The second-order valence-electron chi connectivity index (χ2n) is 20.3. The first-order valence-electron chi connectivity index (χ1n) is 20.7. The normalized spacial score (nSPS) is 16.1.